The quantitative estimate of drug-likeness (QED) is 0.602. The zero-order chi connectivity index (χ0) is 26.0. The van der Waals surface area contributed by atoms with Crippen LogP contribution in [-0.2, 0) is 29.1 Å². The molecule has 1 heterocycles. The Bertz CT molecular complexity index is 1190. The number of ether oxygens (including phenoxy) is 2. The molecule has 35 heavy (non-hydrogen) atoms. The van der Waals surface area contributed by atoms with Crippen molar-refractivity contribution in [2.24, 2.45) is 5.92 Å². The van der Waals surface area contributed by atoms with Gasteiger partial charge in [-0.25, -0.2) is 27.6 Å². The van der Waals surface area contributed by atoms with Gasteiger partial charge in [0.1, 0.15) is 11.6 Å². The SMILES string of the molecule is COC(=O)[C@@H]1C[C@@H]([C@H](NS(=O)(=O)c2ccc(C)cc2)c2ccccc2)C(=O)N1C(=O)OC(C)(C)C. The summed E-state index contributed by atoms with van der Waals surface area (Å²) in [5, 5.41) is 0. The van der Waals surface area contributed by atoms with Crippen molar-refractivity contribution in [1.29, 1.82) is 0 Å². The van der Waals surface area contributed by atoms with Crippen molar-refractivity contribution in [2.75, 3.05) is 7.11 Å². The lowest BCUT2D eigenvalue weighted by atomic mass is 9.91. The highest BCUT2D eigenvalue weighted by Crippen LogP contribution is 2.37. The lowest BCUT2D eigenvalue weighted by Gasteiger charge is -2.27. The molecule has 0 spiro atoms. The fourth-order valence-corrected chi connectivity index (χ4v) is 5.18. The van der Waals surface area contributed by atoms with Gasteiger partial charge in [-0.3, -0.25) is 4.79 Å². The van der Waals surface area contributed by atoms with Crippen molar-refractivity contribution in [3.8, 4) is 0 Å². The number of imide groups is 1. The van der Waals surface area contributed by atoms with Crippen LogP contribution in [0.5, 0.6) is 0 Å². The normalized spacial score (nSPS) is 19.3. The number of aryl methyl sites for hydroxylation is 1. The van der Waals surface area contributed by atoms with Crippen molar-refractivity contribution in [3.63, 3.8) is 0 Å². The van der Waals surface area contributed by atoms with Crippen LogP contribution >= 0.6 is 0 Å². The molecule has 1 saturated heterocycles. The minimum absolute atomic E-state index is 0.0305. The van der Waals surface area contributed by atoms with E-state index in [1.54, 1.807) is 63.2 Å². The molecular formula is C25H30N2O7S. The fourth-order valence-electron chi connectivity index (χ4n) is 3.92. The summed E-state index contributed by atoms with van der Waals surface area (Å²) in [6.07, 6.45) is -1.13. The van der Waals surface area contributed by atoms with E-state index in [1.807, 2.05) is 6.92 Å². The first kappa shape index (κ1) is 26.4. The molecular weight excluding hydrogens is 472 g/mol. The Morgan fingerprint density at radius 2 is 1.66 bits per heavy atom. The first-order valence-corrected chi connectivity index (χ1v) is 12.6. The molecule has 188 valence electrons. The molecule has 1 aliphatic rings. The van der Waals surface area contributed by atoms with Crippen LogP contribution in [0.4, 0.5) is 4.79 Å². The monoisotopic (exact) mass is 502 g/mol. The highest BCUT2D eigenvalue weighted by Gasteiger charge is 2.52. The van der Waals surface area contributed by atoms with Gasteiger partial charge in [-0.05, 0) is 51.8 Å². The summed E-state index contributed by atoms with van der Waals surface area (Å²) >= 11 is 0. The van der Waals surface area contributed by atoms with E-state index in [0.29, 0.717) is 5.56 Å². The molecule has 1 fully saturated rings. The van der Waals surface area contributed by atoms with E-state index < -0.39 is 51.6 Å². The molecule has 2 amide bonds. The van der Waals surface area contributed by atoms with E-state index in [2.05, 4.69) is 4.72 Å². The summed E-state index contributed by atoms with van der Waals surface area (Å²) in [4.78, 5) is 39.7. The number of nitrogens with one attached hydrogen (secondary N) is 1. The van der Waals surface area contributed by atoms with E-state index >= 15 is 0 Å². The molecule has 0 aliphatic carbocycles. The van der Waals surface area contributed by atoms with Gasteiger partial charge in [0.2, 0.25) is 15.9 Å². The Kier molecular flexibility index (Phi) is 7.66. The second kappa shape index (κ2) is 10.2. The summed E-state index contributed by atoms with van der Waals surface area (Å²) in [5.41, 5.74) is 0.488. The smallest absolute Gasteiger partial charge is 0.417 e. The third-order valence-electron chi connectivity index (χ3n) is 5.58. The van der Waals surface area contributed by atoms with Gasteiger partial charge in [0.25, 0.3) is 0 Å². The highest BCUT2D eigenvalue weighted by atomic mass is 32.2. The van der Waals surface area contributed by atoms with Gasteiger partial charge in [0.15, 0.2) is 0 Å². The number of amides is 2. The Labute approximate surface area is 205 Å². The van der Waals surface area contributed by atoms with Crippen LogP contribution in [0.3, 0.4) is 0 Å². The number of esters is 1. The molecule has 0 saturated carbocycles. The summed E-state index contributed by atoms with van der Waals surface area (Å²) < 4.78 is 39.3. The average molecular weight is 503 g/mol. The number of rotatable bonds is 6. The topological polar surface area (TPSA) is 119 Å². The standard InChI is InChI=1S/C25H30N2O7S/c1-16-11-13-18(14-12-16)35(31,32)26-21(17-9-7-6-8-10-17)19-15-20(23(29)33-5)27(22(19)28)24(30)34-25(2,3)4/h6-14,19-21,26H,15H2,1-5H3/t19-,20-,21+/m0/s1. The number of hydrogen-bond acceptors (Lipinski definition) is 7. The second-order valence-electron chi connectivity index (χ2n) is 9.39. The lowest BCUT2D eigenvalue weighted by Crippen LogP contribution is -2.46. The first-order valence-electron chi connectivity index (χ1n) is 11.1. The Morgan fingerprint density at radius 3 is 2.20 bits per heavy atom. The molecule has 0 bridgehead atoms. The van der Waals surface area contributed by atoms with Crippen LogP contribution in [0.1, 0.15) is 44.4 Å². The average Bonchev–Trinajstić information content (AvgIpc) is 3.13. The molecule has 3 rings (SSSR count). The zero-order valence-corrected chi connectivity index (χ0v) is 21.2. The van der Waals surface area contributed by atoms with Crippen molar-refractivity contribution in [2.45, 2.75) is 56.7 Å². The highest BCUT2D eigenvalue weighted by molar-refractivity contribution is 7.89. The third kappa shape index (κ3) is 6.07. The van der Waals surface area contributed by atoms with Gasteiger partial charge in [-0.15, -0.1) is 0 Å². The number of hydrogen-bond donors (Lipinski definition) is 1. The van der Waals surface area contributed by atoms with Crippen molar-refractivity contribution in [3.05, 3.63) is 65.7 Å². The molecule has 0 aromatic heterocycles. The Morgan fingerprint density at radius 1 is 1.06 bits per heavy atom. The predicted molar refractivity (Wildman–Crippen MR) is 128 cm³/mol. The summed E-state index contributed by atoms with van der Waals surface area (Å²) in [6, 6.07) is 12.5. The fraction of sp³-hybridized carbons (Fsp3) is 0.400. The summed E-state index contributed by atoms with van der Waals surface area (Å²) in [5.74, 6) is -2.58. The number of nitrogens with zero attached hydrogens (tertiary/aromatic N) is 1. The Hall–Kier alpha value is -3.24. The van der Waals surface area contributed by atoms with Crippen LogP contribution in [0.2, 0.25) is 0 Å². The van der Waals surface area contributed by atoms with Gasteiger partial charge in [-0.1, -0.05) is 48.0 Å². The van der Waals surface area contributed by atoms with Crippen molar-refractivity contribution in [1.82, 2.24) is 9.62 Å². The van der Waals surface area contributed by atoms with E-state index in [4.69, 9.17) is 9.47 Å². The molecule has 0 unspecified atom stereocenters. The zero-order valence-electron chi connectivity index (χ0n) is 20.3. The summed E-state index contributed by atoms with van der Waals surface area (Å²) in [7, 11) is -2.89. The van der Waals surface area contributed by atoms with Gasteiger partial charge in [0.05, 0.1) is 24.0 Å². The van der Waals surface area contributed by atoms with Crippen LogP contribution in [-0.4, -0.2) is 50.0 Å². The largest absolute Gasteiger partial charge is 0.467 e. The lowest BCUT2D eigenvalue weighted by molar-refractivity contribution is -0.148. The number of likely N-dealkylation sites (tertiary alicyclic amines) is 1. The van der Waals surface area contributed by atoms with E-state index in [0.717, 1.165) is 17.6 Å². The minimum Gasteiger partial charge on any atom is -0.467 e. The number of carbonyl (C=O) groups is 3. The number of methoxy groups -OCH3 is 1. The second-order valence-corrected chi connectivity index (χ2v) is 11.1. The summed E-state index contributed by atoms with van der Waals surface area (Å²) in [6.45, 7) is 6.75. The Balaban J connectivity index is 2.02. The molecule has 2 aromatic carbocycles. The van der Waals surface area contributed by atoms with Crippen molar-refractivity contribution < 1.29 is 32.3 Å². The number of benzene rings is 2. The van der Waals surface area contributed by atoms with Gasteiger partial charge in [-0.2, -0.15) is 0 Å². The molecule has 10 heteroatoms. The maximum Gasteiger partial charge on any atom is 0.417 e. The van der Waals surface area contributed by atoms with Crippen LogP contribution in [0.25, 0.3) is 0 Å². The molecule has 0 radical (unpaired) electrons. The molecule has 2 aromatic rings. The third-order valence-corrected chi connectivity index (χ3v) is 7.04. The first-order chi connectivity index (χ1) is 16.3. The van der Waals surface area contributed by atoms with Crippen LogP contribution in [0, 0.1) is 12.8 Å². The van der Waals surface area contributed by atoms with Gasteiger partial charge < -0.3 is 9.47 Å². The molecule has 1 aliphatic heterocycles. The van der Waals surface area contributed by atoms with E-state index in [9.17, 15) is 22.8 Å². The number of carbonyl (C=O) groups excluding carboxylic acids is 3. The van der Waals surface area contributed by atoms with Gasteiger partial charge in [0, 0.05) is 0 Å². The van der Waals surface area contributed by atoms with Crippen LogP contribution in [0.15, 0.2) is 59.5 Å². The van der Waals surface area contributed by atoms with E-state index in [1.165, 1.54) is 12.1 Å². The molecule has 9 nitrogen and oxygen atoms in total. The minimum atomic E-state index is -4.05. The maximum atomic E-state index is 13.5. The molecule has 3 atom stereocenters. The maximum absolute atomic E-state index is 13.5. The van der Waals surface area contributed by atoms with E-state index in [-0.39, 0.29) is 11.3 Å². The number of sulfonamides is 1. The van der Waals surface area contributed by atoms with Crippen molar-refractivity contribution >= 4 is 28.0 Å². The predicted octanol–water partition coefficient (Wildman–Crippen LogP) is 3.34. The van der Waals surface area contributed by atoms with Gasteiger partial charge >= 0.3 is 12.1 Å². The molecule has 1 N–H and O–H groups in total. The van der Waals surface area contributed by atoms with Crippen LogP contribution < -0.4 is 4.72 Å².